The van der Waals surface area contributed by atoms with E-state index in [-0.39, 0.29) is 5.38 Å². The SMILES string of the molecule is CCCCOc1ccc(-c2nc(C(C)Cl)no2)cc1. The molecule has 1 heterocycles. The predicted molar refractivity (Wildman–Crippen MR) is 74.4 cm³/mol. The van der Waals surface area contributed by atoms with Crippen molar-refractivity contribution in [3.8, 4) is 17.2 Å². The van der Waals surface area contributed by atoms with Gasteiger partial charge in [0.1, 0.15) is 5.75 Å². The van der Waals surface area contributed by atoms with Gasteiger partial charge in [-0.1, -0.05) is 18.5 Å². The van der Waals surface area contributed by atoms with Gasteiger partial charge in [0.2, 0.25) is 0 Å². The molecule has 0 fully saturated rings. The lowest BCUT2D eigenvalue weighted by Crippen LogP contribution is -1.95. The van der Waals surface area contributed by atoms with E-state index >= 15 is 0 Å². The molecule has 5 heteroatoms. The van der Waals surface area contributed by atoms with Crippen molar-refractivity contribution in [2.24, 2.45) is 0 Å². The largest absolute Gasteiger partial charge is 0.494 e. The first kappa shape index (κ1) is 13.9. The van der Waals surface area contributed by atoms with Crippen molar-refractivity contribution in [3.63, 3.8) is 0 Å². The molecule has 0 aliphatic rings. The second-order valence-corrected chi connectivity index (χ2v) is 4.95. The quantitative estimate of drug-likeness (QED) is 0.587. The molecule has 0 aliphatic heterocycles. The van der Waals surface area contributed by atoms with E-state index in [1.807, 2.05) is 24.3 Å². The molecule has 0 saturated carbocycles. The highest BCUT2D eigenvalue weighted by atomic mass is 35.5. The zero-order chi connectivity index (χ0) is 13.7. The maximum atomic E-state index is 5.90. The molecule has 102 valence electrons. The average Bonchev–Trinajstić information content (AvgIpc) is 2.90. The van der Waals surface area contributed by atoms with E-state index in [2.05, 4.69) is 17.1 Å². The zero-order valence-electron chi connectivity index (χ0n) is 11.1. The Balaban J connectivity index is 2.04. The fourth-order valence-corrected chi connectivity index (χ4v) is 1.63. The summed E-state index contributed by atoms with van der Waals surface area (Å²) in [6, 6.07) is 7.60. The van der Waals surface area contributed by atoms with Crippen LogP contribution in [-0.4, -0.2) is 16.7 Å². The van der Waals surface area contributed by atoms with Crippen molar-refractivity contribution < 1.29 is 9.26 Å². The Labute approximate surface area is 117 Å². The van der Waals surface area contributed by atoms with E-state index in [9.17, 15) is 0 Å². The lowest BCUT2D eigenvalue weighted by atomic mass is 10.2. The summed E-state index contributed by atoms with van der Waals surface area (Å²) in [5.41, 5.74) is 0.860. The molecule has 0 amide bonds. The third-order valence-corrected chi connectivity index (χ3v) is 2.86. The van der Waals surface area contributed by atoms with Gasteiger partial charge in [0.15, 0.2) is 5.82 Å². The van der Waals surface area contributed by atoms with Crippen LogP contribution in [0.1, 0.15) is 37.9 Å². The van der Waals surface area contributed by atoms with Crippen LogP contribution >= 0.6 is 11.6 Å². The van der Waals surface area contributed by atoms with Gasteiger partial charge in [-0.15, -0.1) is 11.6 Å². The minimum absolute atomic E-state index is 0.255. The van der Waals surface area contributed by atoms with Crippen LogP contribution in [0.15, 0.2) is 28.8 Å². The summed E-state index contributed by atoms with van der Waals surface area (Å²) in [4.78, 5) is 4.23. The standard InChI is InChI=1S/C14H17ClN2O2/c1-3-4-9-18-12-7-5-11(6-8-12)14-16-13(10(2)15)17-19-14/h5-8,10H,3-4,9H2,1-2H3. The summed E-state index contributed by atoms with van der Waals surface area (Å²) in [6.45, 7) is 4.68. The van der Waals surface area contributed by atoms with Gasteiger partial charge in [0.25, 0.3) is 5.89 Å². The molecule has 1 aromatic carbocycles. The van der Waals surface area contributed by atoms with Crippen molar-refractivity contribution in [1.29, 1.82) is 0 Å². The molecule has 4 nitrogen and oxygen atoms in total. The van der Waals surface area contributed by atoms with Crippen LogP contribution in [0.2, 0.25) is 0 Å². The number of halogens is 1. The molecule has 0 radical (unpaired) electrons. The van der Waals surface area contributed by atoms with E-state index in [1.165, 1.54) is 0 Å². The summed E-state index contributed by atoms with van der Waals surface area (Å²) in [5.74, 6) is 1.82. The van der Waals surface area contributed by atoms with Crippen LogP contribution in [0, 0.1) is 0 Å². The Kier molecular flexibility index (Phi) is 4.80. The number of nitrogens with zero attached hydrogens (tertiary/aromatic N) is 2. The lowest BCUT2D eigenvalue weighted by Gasteiger charge is -2.04. The van der Waals surface area contributed by atoms with Crippen molar-refractivity contribution in [2.45, 2.75) is 32.1 Å². The van der Waals surface area contributed by atoms with Crippen molar-refractivity contribution in [1.82, 2.24) is 10.1 Å². The highest BCUT2D eigenvalue weighted by molar-refractivity contribution is 6.20. The summed E-state index contributed by atoms with van der Waals surface area (Å²) >= 11 is 5.90. The highest BCUT2D eigenvalue weighted by Crippen LogP contribution is 2.23. The van der Waals surface area contributed by atoms with Crippen molar-refractivity contribution in [3.05, 3.63) is 30.1 Å². The lowest BCUT2D eigenvalue weighted by molar-refractivity contribution is 0.309. The maximum absolute atomic E-state index is 5.90. The minimum atomic E-state index is -0.255. The number of alkyl halides is 1. The molecule has 1 unspecified atom stereocenters. The molecular weight excluding hydrogens is 264 g/mol. The normalized spacial score (nSPS) is 12.4. The van der Waals surface area contributed by atoms with Gasteiger partial charge in [-0.2, -0.15) is 4.98 Å². The number of ether oxygens (including phenoxy) is 1. The smallest absolute Gasteiger partial charge is 0.257 e. The molecular formula is C14H17ClN2O2. The molecule has 19 heavy (non-hydrogen) atoms. The first-order valence-corrected chi connectivity index (χ1v) is 6.85. The van der Waals surface area contributed by atoms with Gasteiger partial charge in [-0.05, 0) is 37.6 Å². The molecule has 1 aromatic heterocycles. The Hall–Kier alpha value is -1.55. The number of aromatic nitrogens is 2. The van der Waals surface area contributed by atoms with E-state index in [1.54, 1.807) is 6.92 Å². The van der Waals surface area contributed by atoms with Crippen LogP contribution in [0.4, 0.5) is 0 Å². The minimum Gasteiger partial charge on any atom is -0.494 e. The Morgan fingerprint density at radius 3 is 2.63 bits per heavy atom. The topological polar surface area (TPSA) is 48.2 Å². The summed E-state index contributed by atoms with van der Waals surface area (Å²) in [7, 11) is 0. The molecule has 2 aromatic rings. The van der Waals surface area contributed by atoms with E-state index < -0.39 is 0 Å². The summed E-state index contributed by atoms with van der Waals surface area (Å²) in [5, 5.41) is 3.57. The van der Waals surface area contributed by atoms with E-state index in [4.69, 9.17) is 20.9 Å². The first-order valence-electron chi connectivity index (χ1n) is 6.41. The Bertz CT molecular complexity index is 508. The Morgan fingerprint density at radius 1 is 1.32 bits per heavy atom. The van der Waals surface area contributed by atoms with Gasteiger partial charge in [-0.3, -0.25) is 0 Å². The van der Waals surface area contributed by atoms with Crippen LogP contribution < -0.4 is 4.74 Å². The zero-order valence-corrected chi connectivity index (χ0v) is 11.9. The monoisotopic (exact) mass is 280 g/mol. The maximum Gasteiger partial charge on any atom is 0.257 e. The summed E-state index contributed by atoms with van der Waals surface area (Å²) < 4.78 is 10.8. The van der Waals surface area contributed by atoms with Crippen LogP contribution in [0.5, 0.6) is 5.75 Å². The number of hydrogen-bond donors (Lipinski definition) is 0. The molecule has 0 saturated heterocycles. The van der Waals surface area contributed by atoms with E-state index in [0.29, 0.717) is 11.7 Å². The average molecular weight is 281 g/mol. The molecule has 0 spiro atoms. The molecule has 2 rings (SSSR count). The predicted octanol–water partition coefficient (Wildman–Crippen LogP) is 4.22. The third kappa shape index (κ3) is 3.70. The number of rotatable bonds is 6. The second-order valence-electron chi connectivity index (χ2n) is 4.30. The Morgan fingerprint density at radius 2 is 2.05 bits per heavy atom. The van der Waals surface area contributed by atoms with Crippen molar-refractivity contribution in [2.75, 3.05) is 6.61 Å². The van der Waals surface area contributed by atoms with Crippen LogP contribution in [-0.2, 0) is 0 Å². The highest BCUT2D eigenvalue weighted by Gasteiger charge is 2.12. The van der Waals surface area contributed by atoms with Gasteiger partial charge in [-0.25, -0.2) is 0 Å². The fraction of sp³-hybridized carbons (Fsp3) is 0.429. The van der Waals surface area contributed by atoms with Gasteiger partial charge in [0, 0.05) is 5.56 Å². The molecule has 0 N–H and O–H groups in total. The van der Waals surface area contributed by atoms with Gasteiger partial charge < -0.3 is 9.26 Å². The van der Waals surface area contributed by atoms with Crippen molar-refractivity contribution >= 4 is 11.6 Å². The fourth-order valence-electron chi connectivity index (χ4n) is 1.54. The second kappa shape index (κ2) is 6.57. The van der Waals surface area contributed by atoms with Gasteiger partial charge in [0.05, 0.1) is 12.0 Å². The molecule has 1 atom stereocenters. The number of benzene rings is 1. The van der Waals surface area contributed by atoms with Crippen LogP contribution in [0.25, 0.3) is 11.5 Å². The summed E-state index contributed by atoms with van der Waals surface area (Å²) in [6.07, 6.45) is 2.18. The van der Waals surface area contributed by atoms with Gasteiger partial charge >= 0.3 is 0 Å². The molecule has 0 aliphatic carbocycles. The number of hydrogen-bond acceptors (Lipinski definition) is 4. The van der Waals surface area contributed by atoms with E-state index in [0.717, 1.165) is 30.8 Å². The first-order chi connectivity index (χ1) is 9.20. The van der Waals surface area contributed by atoms with Crippen LogP contribution in [0.3, 0.4) is 0 Å². The third-order valence-electron chi connectivity index (χ3n) is 2.67. The number of unbranched alkanes of at least 4 members (excludes halogenated alkanes) is 1. The molecule has 0 bridgehead atoms.